The Balaban J connectivity index is 2.72. The number of carboxylic acid groups (broad SMARTS) is 1. The Labute approximate surface area is 120 Å². The Bertz CT molecular complexity index is 476. The summed E-state index contributed by atoms with van der Waals surface area (Å²) in [5.41, 5.74) is 0.0192. The van der Waals surface area contributed by atoms with E-state index >= 15 is 0 Å². The van der Waals surface area contributed by atoms with Gasteiger partial charge in [0.15, 0.2) is 6.61 Å². The fourth-order valence-corrected chi connectivity index (χ4v) is 1.86. The van der Waals surface area contributed by atoms with Crippen LogP contribution in [0.4, 0.5) is 0 Å². The zero-order chi connectivity index (χ0) is 14.4. The number of carbonyl (C=O) groups is 2. The van der Waals surface area contributed by atoms with Crippen LogP contribution in [0.1, 0.15) is 30.6 Å². The summed E-state index contributed by atoms with van der Waals surface area (Å²) < 4.78 is 5.80. The first-order chi connectivity index (χ1) is 8.95. The fraction of sp³-hybridized carbons (Fsp3) is 0.385. The monoisotopic (exact) mass is 329 g/mol. The van der Waals surface area contributed by atoms with Crippen LogP contribution in [0.25, 0.3) is 0 Å². The predicted molar refractivity (Wildman–Crippen MR) is 74.5 cm³/mol. The third kappa shape index (κ3) is 4.55. The number of para-hydroxylation sites is 1. The van der Waals surface area contributed by atoms with E-state index in [1.807, 2.05) is 13.8 Å². The molecule has 5 nitrogen and oxygen atoms in total. The molecule has 0 aliphatic heterocycles. The largest absolute Gasteiger partial charge is 0.482 e. The molecule has 0 heterocycles. The van der Waals surface area contributed by atoms with Gasteiger partial charge in [-0.05, 0) is 41.4 Å². The molecule has 1 aromatic rings. The summed E-state index contributed by atoms with van der Waals surface area (Å²) in [6.07, 6.45) is 0.821. The van der Waals surface area contributed by atoms with Crippen molar-refractivity contribution in [2.24, 2.45) is 0 Å². The minimum Gasteiger partial charge on any atom is -0.482 e. The van der Waals surface area contributed by atoms with Gasteiger partial charge in [0.1, 0.15) is 11.3 Å². The molecule has 104 valence electrons. The van der Waals surface area contributed by atoms with Crippen LogP contribution in [0.15, 0.2) is 22.7 Å². The van der Waals surface area contributed by atoms with Gasteiger partial charge in [-0.3, -0.25) is 4.79 Å². The number of hydrogen-bond donors (Lipinski definition) is 2. The number of rotatable bonds is 6. The van der Waals surface area contributed by atoms with E-state index in [-0.39, 0.29) is 29.9 Å². The number of nitrogens with one attached hydrogen (secondary N) is 1. The summed E-state index contributed by atoms with van der Waals surface area (Å²) in [5.74, 6) is -1.21. The third-order valence-corrected chi connectivity index (χ3v) is 3.19. The molecule has 1 rings (SSSR count). The average molecular weight is 330 g/mol. The molecule has 1 aromatic carbocycles. The van der Waals surface area contributed by atoms with Gasteiger partial charge in [0.05, 0.1) is 4.47 Å². The van der Waals surface area contributed by atoms with E-state index in [1.165, 1.54) is 6.07 Å². The van der Waals surface area contributed by atoms with Crippen LogP contribution in [0.2, 0.25) is 0 Å². The maximum absolute atomic E-state index is 11.6. The molecule has 0 saturated heterocycles. The molecule has 0 fully saturated rings. The molecule has 19 heavy (non-hydrogen) atoms. The smallest absolute Gasteiger partial charge is 0.339 e. The van der Waals surface area contributed by atoms with Crippen molar-refractivity contribution in [3.63, 3.8) is 0 Å². The molecule has 2 N–H and O–H groups in total. The number of benzene rings is 1. The molecule has 1 atom stereocenters. The van der Waals surface area contributed by atoms with Gasteiger partial charge in [-0.2, -0.15) is 0 Å². The van der Waals surface area contributed by atoms with Gasteiger partial charge in [-0.25, -0.2) is 4.79 Å². The minimum atomic E-state index is -1.10. The van der Waals surface area contributed by atoms with Crippen molar-refractivity contribution >= 4 is 27.8 Å². The zero-order valence-corrected chi connectivity index (χ0v) is 12.4. The number of halogens is 1. The second-order valence-corrected chi connectivity index (χ2v) is 4.94. The van der Waals surface area contributed by atoms with Gasteiger partial charge >= 0.3 is 5.97 Å². The molecule has 0 spiro atoms. The molecular formula is C13H16BrNO4. The predicted octanol–water partition coefficient (Wildman–Crippen LogP) is 2.44. The average Bonchev–Trinajstić information content (AvgIpc) is 2.36. The summed E-state index contributed by atoms with van der Waals surface area (Å²) in [5, 5.41) is 11.8. The highest BCUT2D eigenvalue weighted by Gasteiger charge is 2.15. The third-order valence-electron chi connectivity index (χ3n) is 2.56. The SMILES string of the molecule is CCC(C)NC(=O)COc1c(Br)cccc1C(=O)O. The minimum absolute atomic E-state index is 0.0192. The van der Waals surface area contributed by atoms with Crippen LogP contribution in [0.5, 0.6) is 5.75 Å². The number of amides is 1. The number of aromatic carboxylic acids is 1. The lowest BCUT2D eigenvalue weighted by molar-refractivity contribution is -0.123. The first-order valence-corrected chi connectivity index (χ1v) is 6.69. The lowest BCUT2D eigenvalue weighted by Crippen LogP contribution is -2.35. The first-order valence-electron chi connectivity index (χ1n) is 5.89. The van der Waals surface area contributed by atoms with Crippen LogP contribution < -0.4 is 10.1 Å². The van der Waals surface area contributed by atoms with Crippen LogP contribution in [0.3, 0.4) is 0 Å². The Morgan fingerprint density at radius 2 is 2.16 bits per heavy atom. The Morgan fingerprint density at radius 1 is 1.47 bits per heavy atom. The van der Waals surface area contributed by atoms with Crippen LogP contribution in [-0.2, 0) is 4.79 Å². The van der Waals surface area contributed by atoms with Crippen molar-refractivity contribution in [1.82, 2.24) is 5.32 Å². The molecule has 1 amide bonds. The van der Waals surface area contributed by atoms with Crippen molar-refractivity contribution < 1.29 is 19.4 Å². The van der Waals surface area contributed by atoms with E-state index in [0.29, 0.717) is 4.47 Å². The molecule has 0 aliphatic carbocycles. The van der Waals surface area contributed by atoms with Crippen molar-refractivity contribution in [3.05, 3.63) is 28.2 Å². The standard InChI is InChI=1S/C13H16BrNO4/c1-3-8(2)15-11(16)7-19-12-9(13(17)18)5-4-6-10(12)14/h4-6,8H,3,7H2,1-2H3,(H,15,16)(H,17,18). The van der Waals surface area contributed by atoms with E-state index in [2.05, 4.69) is 21.2 Å². The number of carboxylic acids is 1. The molecule has 0 saturated carbocycles. The fourth-order valence-electron chi connectivity index (χ4n) is 1.38. The van der Waals surface area contributed by atoms with E-state index < -0.39 is 5.97 Å². The maximum atomic E-state index is 11.6. The summed E-state index contributed by atoms with van der Waals surface area (Å²) in [7, 11) is 0. The molecule has 0 aromatic heterocycles. The Kier molecular flexibility index (Phi) is 5.82. The van der Waals surface area contributed by atoms with Gasteiger partial charge in [0.2, 0.25) is 0 Å². The van der Waals surface area contributed by atoms with Gasteiger partial charge in [0.25, 0.3) is 5.91 Å². The van der Waals surface area contributed by atoms with Gasteiger partial charge in [-0.1, -0.05) is 13.0 Å². The topological polar surface area (TPSA) is 75.6 Å². The van der Waals surface area contributed by atoms with Crippen LogP contribution >= 0.6 is 15.9 Å². The molecule has 0 aliphatic rings. The lowest BCUT2D eigenvalue weighted by Gasteiger charge is -2.13. The highest BCUT2D eigenvalue weighted by atomic mass is 79.9. The second-order valence-electron chi connectivity index (χ2n) is 4.09. The summed E-state index contributed by atoms with van der Waals surface area (Å²) >= 11 is 3.21. The Morgan fingerprint density at radius 3 is 2.74 bits per heavy atom. The molecule has 0 bridgehead atoms. The maximum Gasteiger partial charge on any atom is 0.339 e. The van der Waals surface area contributed by atoms with Crippen molar-refractivity contribution in [2.45, 2.75) is 26.3 Å². The number of carbonyl (C=O) groups excluding carboxylic acids is 1. The normalized spacial score (nSPS) is 11.7. The van der Waals surface area contributed by atoms with Crippen LogP contribution in [-0.4, -0.2) is 29.6 Å². The van der Waals surface area contributed by atoms with E-state index in [1.54, 1.807) is 12.1 Å². The van der Waals surface area contributed by atoms with Gasteiger partial charge in [0, 0.05) is 6.04 Å². The highest BCUT2D eigenvalue weighted by molar-refractivity contribution is 9.10. The second kappa shape index (κ2) is 7.13. The molecular weight excluding hydrogens is 314 g/mol. The summed E-state index contributed by atoms with van der Waals surface area (Å²) in [6, 6.07) is 4.75. The number of ether oxygens (including phenoxy) is 1. The van der Waals surface area contributed by atoms with Crippen molar-refractivity contribution in [3.8, 4) is 5.75 Å². The van der Waals surface area contributed by atoms with Crippen molar-refractivity contribution in [1.29, 1.82) is 0 Å². The van der Waals surface area contributed by atoms with Gasteiger partial charge < -0.3 is 15.2 Å². The van der Waals surface area contributed by atoms with E-state index in [4.69, 9.17) is 9.84 Å². The highest BCUT2D eigenvalue weighted by Crippen LogP contribution is 2.28. The molecule has 0 radical (unpaired) electrons. The van der Waals surface area contributed by atoms with E-state index in [0.717, 1.165) is 6.42 Å². The van der Waals surface area contributed by atoms with Gasteiger partial charge in [-0.15, -0.1) is 0 Å². The zero-order valence-electron chi connectivity index (χ0n) is 10.8. The number of hydrogen-bond acceptors (Lipinski definition) is 3. The molecule has 6 heteroatoms. The summed E-state index contributed by atoms with van der Waals surface area (Å²) in [6.45, 7) is 3.63. The quantitative estimate of drug-likeness (QED) is 0.840. The van der Waals surface area contributed by atoms with Crippen molar-refractivity contribution in [2.75, 3.05) is 6.61 Å². The van der Waals surface area contributed by atoms with Crippen LogP contribution in [0, 0.1) is 0 Å². The van der Waals surface area contributed by atoms with E-state index in [9.17, 15) is 9.59 Å². The Hall–Kier alpha value is -1.56. The first kappa shape index (κ1) is 15.5. The summed E-state index contributed by atoms with van der Waals surface area (Å²) in [4.78, 5) is 22.6. The molecule has 1 unspecified atom stereocenters. The lowest BCUT2D eigenvalue weighted by atomic mass is 10.2.